The number of rotatable bonds is 10. The molecule has 1 amide bonds. The monoisotopic (exact) mass is 499 g/mol. The number of carbonyl (C=O) groups is 1. The van der Waals surface area contributed by atoms with Crippen LogP contribution >= 0.6 is 0 Å². The molecule has 0 aliphatic carbocycles. The fourth-order valence-corrected chi connectivity index (χ4v) is 4.57. The molecule has 186 valence electrons. The van der Waals surface area contributed by atoms with Gasteiger partial charge in [-0.3, -0.25) is 14.9 Å². The van der Waals surface area contributed by atoms with E-state index in [1.54, 1.807) is 13.2 Å². The highest BCUT2D eigenvalue weighted by Crippen LogP contribution is 2.32. The summed E-state index contributed by atoms with van der Waals surface area (Å²) in [5.74, 6) is -0.137. The third kappa shape index (κ3) is 6.27. The zero-order valence-corrected chi connectivity index (χ0v) is 22.3. The Kier molecular flexibility index (Phi) is 7.97. The predicted octanol–water partition coefficient (Wildman–Crippen LogP) is 5.94. The van der Waals surface area contributed by atoms with Crippen molar-refractivity contribution in [3.05, 3.63) is 83.8 Å². The van der Waals surface area contributed by atoms with Crippen molar-refractivity contribution in [2.45, 2.75) is 25.7 Å². The maximum atomic E-state index is 12.6. The van der Waals surface area contributed by atoms with Gasteiger partial charge >= 0.3 is 0 Å². The summed E-state index contributed by atoms with van der Waals surface area (Å²) in [6, 6.07) is 20.6. The van der Waals surface area contributed by atoms with Crippen molar-refractivity contribution < 1.29 is 9.53 Å². The summed E-state index contributed by atoms with van der Waals surface area (Å²) in [6.07, 6.45) is 5.67. The standard InChI is InChI=1S/C28H33N5O2Si/c1-29-28(34)24-10-5-6-11-27(24)33(20-35-17-18-36(2,3)4)22-13-14-23-25(31-32-26(23)19-22)15-12-21-9-7-8-16-30-21/h5-16,19H,17-18,20H2,1-4H3,(H,29,34)(H,31,32)/b15-12+. The van der Waals surface area contributed by atoms with Crippen molar-refractivity contribution in [2.75, 3.05) is 25.3 Å². The quantitative estimate of drug-likeness (QED) is 0.160. The van der Waals surface area contributed by atoms with Gasteiger partial charge in [0, 0.05) is 39.0 Å². The topological polar surface area (TPSA) is 83.1 Å². The number of H-pyrrole nitrogens is 1. The van der Waals surface area contributed by atoms with Gasteiger partial charge in [-0.15, -0.1) is 0 Å². The van der Waals surface area contributed by atoms with Crippen LogP contribution in [0.15, 0.2) is 66.9 Å². The van der Waals surface area contributed by atoms with Crippen LogP contribution in [0.3, 0.4) is 0 Å². The van der Waals surface area contributed by atoms with E-state index in [1.807, 2.05) is 77.7 Å². The van der Waals surface area contributed by atoms with Gasteiger partial charge in [0.25, 0.3) is 5.91 Å². The molecule has 0 aliphatic rings. The van der Waals surface area contributed by atoms with Crippen LogP contribution in [0.1, 0.15) is 21.7 Å². The van der Waals surface area contributed by atoms with Gasteiger partial charge in [0.1, 0.15) is 6.73 Å². The van der Waals surface area contributed by atoms with Crippen LogP contribution < -0.4 is 10.2 Å². The number of hydrogen-bond acceptors (Lipinski definition) is 5. The molecular formula is C28H33N5O2Si. The molecule has 8 heteroatoms. The minimum Gasteiger partial charge on any atom is -0.361 e. The molecule has 2 heterocycles. The number of hydrogen-bond donors (Lipinski definition) is 2. The van der Waals surface area contributed by atoms with E-state index in [0.717, 1.165) is 39.7 Å². The molecular weight excluding hydrogens is 466 g/mol. The average Bonchev–Trinajstić information content (AvgIpc) is 3.29. The van der Waals surface area contributed by atoms with Crippen LogP contribution in [0.25, 0.3) is 23.1 Å². The summed E-state index contributed by atoms with van der Waals surface area (Å²) in [4.78, 5) is 19.0. The van der Waals surface area contributed by atoms with E-state index in [1.165, 1.54) is 0 Å². The van der Waals surface area contributed by atoms with E-state index in [-0.39, 0.29) is 5.91 Å². The Morgan fingerprint density at radius 1 is 1.08 bits per heavy atom. The molecule has 2 N–H and O–H groups in total. The minimum absolute atomic E-state index is 0.137. The van der Waals surface area contributed by atoms with Gasteiger partial charge in [-0.25, -0.2) is 0 Å². The van der Waals surface area contributed by atoms with Gasteiger partial charge < -0.3 is 15.0 Å². The maximum absolute atomic E-state index is 12.6. The lowest BCUT2D eigenvalue weighted by molar-refractivity contribution is 0.0963. The van der Waals surface area contributed by atoms with Gasteiger partial charge in [0.05, 0.1) is 28.2 Å². The second-order valence-electron chi connectivity index (χ2n) is 9.80. The number of fused-ring (bicyclic) bond motifs is 1. The molecule has 0 bridgehead atoms. The van der Waals surface area contributed by atoms with Gasteiger partial charge in [0.15, 0.2) is 0 Å². The third-order valence-electron chi connectivity index (χ3n) is 5.87. The van der Waals surface area contributed by atoms with Crippen molar-refractivity contribution in [3.63, 3.8) is 0 Å². The molecule has 2 aromatic carbocycles. The van der Waals surface area contributed by atoms with Crippen LogP contribution in [0.5, 0.6) is 0 Å². The van der Waals surface area contributed by atoms with Crippen LogP contribution in [-0.4, -0.2) is 49.5 Å². The van der Waals surface area contributed by atoms with E-state index in [2.05, 4.69) is 40.1 Å². The lowest BCUT2D eigenvalue weighted by Gasteiger charge is -2.27. The molecule has 0 atom stereocenters. The van der Waals surface area contributed by atoms with Crippen molar-refractivity contribution in [1.82, 2.24) is 20.5 Å². The van der Waals surface area contributed by atoms with Crippen LogP contribution in [0.4, 0.5) is 11.4 Å². The average molecular weight is 500 g/mol. The smallest absolute Gasteiger partial charge is 0.253 e. The fourth-order valence-electron chi connectivity index (χ4n) is 3.82. The summed E-state index contributed by atoms with van der Waals surface area (Å²) >= 11 is 0. The highest BCUT2D eigenvalue weighted by atomic mass is 28.3. The molecule has 0 spiro atoms. The molecule has 36 heavy (non-hydrogen) atoms. The molecule has 4 rings (SSSR count). The number of carbonyl (C=O) groups excluding carboxylic acids is 1. The molecule has 7 nitrogen and oxygen atoms in total. The third-order valence-corrected chi connectivity index (χ3v) is 7.57. The summed E-state index contributed by atoms with van der Waals surface area (Å²) in [5.41, 5.74) is 4.91. The number of benzene rings is 2. The van der Waals surface area contributed by atoms with Gasteiger partial charge in [-0.1, -0.05) is 37.8 Å². The number of nitrogens with zero attached hydrogens (tertiary/aromatic N) is 3. The number of aromatic amines is 1. The van der Waals surface area contributed by atoms with Crippen LogP contribution in [-0.2, 0) is 4.74 Å². The Hall–Kier alpha value is -3.75. The van der Waals surface area contributed by atoms with E-state index >= 15 is 0 Å². The first-order valence-electron chi connectivity index (χ1n) is 12.1. The van der Waals surface area contributed by atoms with Crippen molar-refractivity contribution in [2.24, 2.45) is 0 Å². The summed E-state index contributed by atoms with van der Waals surface area (Å²) in [5, 5.41) is 11.4. The number of ether oxygens (including phenoxy) is 1. The molecule has 2 aromatic heterocycles. The summed E-state index contributed by atoms with van der Waals surface area (Å²) in [7, 11) is 0.423. The normalized spacial score (nSPS) is 11.8. The SMILES string of the molecule is CNC(=O)c1ccccc1N(COCC[Si](C)(C)C)c1ccc2c(/C=C/c3ccccn3)n[nH]c2c1. The Morgan fingerprint density at radius 2 is 1.89 bits per heavy atom. The summed E-state index contributed by atoms with van der Waals surface area (Å²) < 4.78 is 6.14. The molecule has 0 saturated heterocycles. The number of pyridine rings is 1. The van der Waals surface area contributed by atoms with Gasteiger partial charge in [0.2, 0.25) is 0 Å². The Balaban J connectivity index is 1.66. The first-order chi connectivity index (χ1) is 17.4. The molecule has 0 radical (unpaired) electrons. The van der Waals surface area contributed by atoms with Crippen molar-refractivity contribution in [1.29, 1.82) is 0 Å². The highest BCUT2D eigenvalue weighted by Gasteiger charge is 2.19. The number of amides is 1. The van der Waals surface area contributed by atoms with Gasteiger partial charge in [-0.2, -0.15) is 5.10 Å². The molecule has 0 aliphatic heterocycles. The molecule has 4 aromatic rings. The van der Waals surface area contributed by atoms with E-state index in [4.69, 9.17) is 4.74 Å². The van der Waals surface area contributed by atoms with Crippen molar-refractivity contribution in [3.8, 4) is 0 Å². The summed E-state index contributed by atoms with van der Waals surface area (Å²) in [6.45, 7) is 8.02. The molecule has 0 fully saturated rings. The Bertz CT molecular complexity index is 1350. The minimum atomic E-state index is -1.22. The van der Waals surface area contributed by atoms with Gasteiger partial charge in [-0.05, 0) is 60.7 Å². The zero-order valence-electron chi connectivity index (χ0n) is 21.3. The largest absolute Gasteiger partial charge is 0.361 e. The first kappa shape index (κ1) is 25.3. The Morgan fingerprint density at radius 3 is 2.64 bits per heavy atom. The Labute approximate surface area is 213 Å². The number of aromatic nitrogens is 3. The molecule has 0 saturated carbocycles. The van der Waals surface area contributed by atoms with E-state index in [0.29, 0.717) is 18.9 Å². The molecule has 0 unspecified atom stereocenters. The van der Waals surface area contributed by atoms with E-state index in [9.17, 15) is 4.79 Å². The van der Waals surface area contributed by atoms with Crippen molar-refractivity contribution >= 4 is 48.4 Å². The van der Waals surface area contributed by atoms with Crippen LogP contribution in [0, 0.1) is 0 Å². The number of anilines is 2. The second-order valence-corrected chi connectivity index (χ2v) is 15.4. The maximum Gasteiger partial charge on any atom is 0.253 e. The number of nitrogens with one attached hydrogen (secondary N) is 2. The first-order valence-corrected chi connectivity index (χ1v) is 15.8. The van der Waals surface area contributed by atoms with E-state index < -0.39 is 8.07 Å². The lowest BCUT2D eigenvalue weighted by atomic mass is 10.1. The highest BCUT2D eigenvalue weighted by molar-refractivity contribution is 6.76. The lowest BCUT2D eigenvalue weighted by Crippen LogP contribution is -2.28. The second kappa shape index (κ2) is 11.3. The fraction of sp³-hybridized carbons (Fsp3) is 0.250. The van der Waals surface area contributed by atoms with Crippen LogP contribution in [0.2, 0.25) is 25.7 Å². The zero-order chi connectivity index (χ0) is 25.5. The number of para-hydroxylation sites is 1. The predicted molar refractivity (Wildman–Crippen MR) is 150 cm³/mol.